The second kappa shape index (κ2) is 5.72. The van der Waals surface area contributed by atoms with E-state index in [9.17, 15) is 13.2 Å². The molecule has 0 radical (unpaired) electrons. The molecule has 0 atom stereocenters. The third kappa shape index (κ3) is 3.41. The molecule has 7 heteroatoms. The van der Waals surface area contributed by atoms with Crippen LogP contribution in [0.15, 0.2) is 12.1 Å². The lowest BCUT2D eigenvalue weighted by Crippen LogP contribution is -2.36. The Labute approximate surface area is 126 Å². The molecule has 3 nitrogen and oxygen atoms in total. The molecule has 1 fully saturated rings. The summed E-state index contributed by atoms with van der Waals surface area (Å²) in [4.78, 5) is 2.67. The molecular weight excluding hydrogens is 303 g/mol. The van der Waals surface area contributed by atoms with Gasteiger partial charge in [-0.05, 0) is 25.8 Å². The van der Waals surface area contributed by atoms with Crippen LogP contribution in [0.25, 0.3) is 4.98 Å². The fourth-order valence-corrected chi connectivity index (χ4v) is 3.11. The Bertz CT molecular complexity index is 572. The lowest BCUT2D eigenvalue weighted by molar-refractivity contribution is -0.136. The van der Waals surface area contributed by atoms with Gasteiger partial charge in [0.15, 0.2) is 10.5 Å². The van der Waals surface area contributed by atoms with Gasteiger partial charge in [-0.15, -0.1) is 0 Å². The summed E-state index contributed by atoms with van der Waals surface area (Å²) in [5.74, 6) is 0. The Morgan fingerprint density at radius 2 is 1.86 bits per heavy atom. The minimum atomic E-state index is -4.68. The van der Waals surface area contributed by atoms with Crippen molar-refractivity contribution in [1.82, 2.24) is 0 Å². The maximum absolute atomic E-state index is 13.1. The van der Waals surface area contributed by atoms with Crippen LogP contribution in [0.4, 0.5) is 24.5 Å². The van der Waals surface area contributed by atoms with Gasteiger partial charge in [0.25, 0.3) is 0 Å². The van der Waals surface area contributed by atoms with Gasteiger partial charge in [0.05, 0.1) is 10.7 Å². The van der Waals surface area contributed by atoms with Crippen molar-refractivity contribution in [1.29, 1.82) is 5.39 Å². The van der Waals surface area contributed by atoms with Crippen molar-refractivity contribution >= 4 is 23.0 Å². The van der Waals surface area contributed by atoms with E-state index in [-0.39, 0.29) is 11.2 Å². The first-order chi connectivity index (χ1) is 9.77. The molecule has 0 spiro atoms. The zero-order chi connectivity index (χ0) is 15.7. The Morgan fingerprint density at radius 1 is 1.24 bits per heavy atom. The average molecular weight is 319 g/mol. The van der Waals surface area contributed by atoms with E-state index in [1.807, 2.05) is 6.92 Å². The van der Waals surface area contributed by atoms with Gasteiger partial charge in [0, 0.05) is 11.6 Å². The minimum absolute atomic E-state index is 0.223. The predicted molar refractivity (Wildman–Crippen MR) is 76.3 cm³/mol. The summed E-state index contributed by atoms with van der Waals surface area (Å²) in [5.41, 5.74) is -1.73. The first-order valence-corrected chi connectivity index (χ1v) is 7.18. The maximum atomic E-state index is 13.1. The molecule has 114 valence electrons. The summed E-state index contributed by atoms with van der Waals surface area (Å²) < 4.78 is 39.2. The smallest absolute Gasteiger partial charge is 0.379 e. The molecule has 0 aliphatic heterocycles. The number of diazo groups is 1. The molecule has 1 aliphatic carbocycles. The van der Waals surface area contributed by atoms with Crippen LogP contribution in [-0.2, 0) is 6.18 Å². The lowest BCUT2D eigenvalue weighted by Gasteiger charge is -2.36. The third-order valence-corrected chi connectivity index (χ3v) is 4.30. The number of halogens is 4. The summed E-state index contributed by atoms with van der Waals surface area (Å²) in [6.07, 6.45) is 0.313. The second-order valence-electron chi connectivity index (χ2n) is 5.67. The van der Waals surface area contributed by atoms with Crippen molar-refractivity contribution in [3.05, 3.63) is 27.7 Å². The highest BCUT2D eigenvalue weighted by atomic mass is 35.5. The van der Waals surface area contributed by atoms with Crippen LogP contribution >= 0.6 is 11.6 Å². The average Bonchev–Trinajstić information content (AvgIpc) is 2.40. The van der Waals surface area contributed by atoms with Crippen molar-refractivity contribution in [3.8, 4) is 0 Å². The van der Waals surface area contributed by atoms with E-state index < -0.39 is 22.4 Å². The number of nitrogens with zero attached hydrogens (tertiary/aromatic N) is 2. The Kier molecular flexibility index (Phi) is 4.33. The van der Waals surface area contributed by atoms with E-state index in [1.165, 1.54) is 6.07 Å². The summed E-state index contributed by atoms with van der Waals surface area (Å²) >= 11 is 5.90. The molecule has 0 amide bonds. The molecule has 0 bridgehead atoms. The van der Waals surface area contributed by atoms with Crippen LogP contribution in [0, 0.1) is 5.39 Å². The van der Waals surface area contributed by atoms with Crippen molar-refractivity contribution in [2.75, 3.05) is 5.32 Å². The summed E-state index contributed by atoms with van der Waals surface area (Å²) in [7, 11) is 0. The number of benzene rings is 1. The van der Waals surface area contributed by atoms with Crippen molar-refractivity contribution in [2.24, 2.45) is 0 Å². The molecular formula is C14H16ClF3N3+. The third-order valence-electron chi connectivity index (χ3n) is 3.90. The normalized spacial score (nSPS) is 18.1. The van der Waals surface area contributed by atoms with Crippen LogP contribution in [0.3, 0.4) is 0 Å². The van der Waals surface area contributed by atoms with Crippen LogP contribution < -0.4 is 5.32 Å². The van der Waals surface area contributed by atoms with E-state index in [0.29, 0.717) is 0 Å². The predicted octanol–water partition coefficient (Wildman–Crippen LogP) is 5.98. The topological polar surface area (TPSA) is 40.2 Å². The van der Waals surface area contributed by atoms with Crippen LogP contribution in [0.2, 0.25) is 5.02 Å². The van der Waals surface area contributed by atoms with Gasteiger partial charge in [0.1, 0.15) is 0 Å². The van der Waals surface area contributed by atoms with Gasteiger partial charge < -0.3 is 5.32 Å². The molecule has 1 aromatic carbocycles. The second-order valence-corrected chi connectivity index (χ2v) is 6.04. The minimum Gasteiger partial charge on any atom is -0.379 e. The van der Waals surface area contributed by atoms with Gasteiger partial charge in [-0.25, -0.2) is 0 Å². The molecule has 0 aromatic heterocycles. The number of alkyl halides is 3. The molecule has 1 N–H and O–H groups in total. The highest BCUT2D eigenvalue weighted by Crippen LogP contribution is 2.45. The summed E-state index contributed by atoms with van der Waals surface area (Å²) in [5, 5.41) is 11.4. The number of anilines is 1. The molecule has 1 aliphatic rings. The Hall–Kier alpha value is -1.48. The first-order valence-electron chi connectivity index (χ1n) is 6.80. The van der Waals surface area contributed by atoms with Gasteiger partial charge in [0.2, 0.25) is 5.39 Å². The Balaban J connectivity index is 2.40. The maximum Gasteiger partial charge on any atom is 0.425 e. The van der Waals surface area contributed by atoms with E-state index in [4.69, 9.17) is 17.0 Å². The molecule has 2 rings (SSSR count). The van der Waals surface area contributed by atoms with Crippen molar-refractivity contribution in [2.45, 2.75) is 50.7 Å². The monoisotopic (exact) mass is 318 g/mol. The quantitative estimate of drug-likeness (QED) is 0.681. The van der Waals surface area contributed by atoms with Crippen LogP contribution in [0.5, 0.6) is 0 Å². The van der Waals surface area contributed by atoms with Gasteiger partial charge in [-0.1, -0.05) is 30.9 Å². The SMILES string of the molecule is CC1(Nc2ccc([N+]#N)c(C(F)(F)F)c2Cl)CCCCC1. The van der Waals surface area contributed by atoms with E-state index in [1.54, 1.807) is 0 Å². The summed E-state index contributed by atoms with van der Waals surface area (Å²) in [6.45, 7) is 1.99. The molecule has 21 heavy (non-hydrogen) atoms. The first kappa shape index (κ1) is 15.9. The van der Waals surface area contributed by atoms with E-state index in [2.05, 4.69) is 10.3 Å². The highest BCUT2D eigenvalue weighted by molar-refractivity contribution is 6.34. The van der Waals surface area contributed by atoms with Crippen LogP contribution in [0.1, 0.15) is 44.6 Å². The zero-order valence-corrected chi connectivity index (χ0v) is 12.4. The van der Waals surface area contributed by atoms with E-state index >= 15 is 0 Å². The number of hydrogen-bond donors (Lipinski definition) is 1. The highest BCUT2D eigenvalue weighted by Gasteiger charge is 2.43. The summed E-state index contributed by atoms with van der Waals surface area (Å²) in [6, 6.07) is 2.54. The fourth-order valence-electron chi connectivity index (χ4n) is 2.80. The number of hydrogen-bond acceptors (Lipinski definition) is 2. The lowest BCUT2D eigenvalue weighted by atomic mass is 9.83. The zero-order valence-electron chi connectivity index (χ0n) is 11.6. The number of rotatable bonds is 2. The number of nitrogens with one attached hydrogen (secondary N) is 1. The van der Waals surface area contributed by atoms with Gasteiger partial charge in [-0.2, -0.15) is 13.2 Å². The van der Waals surface area contributed by atoms with E-state index in [0.717, 1.165) is 38.2 Å². The van der Waals surface area contributed by atoms with Crippen molar-refractivity contribution < 1.29 is 13.2 Å². The van der Waals surface area contributed by atoms with Crippen LogP contribution in [-0.4, -0.2) is 5.54 Å². The molecule has 1 aromatic rings. The molecule has 0 heterocycles. The van der Waals surface area contributed by atoms with Crippen molar-refractivity contribution in [3.63, 3.8) is 0 Å². The molecule has 1 saturated carbocycles. The molecule has 0 saturated heterocycles. The van der Waals surface area contributed by atoms with Gasteiger partial charge >= 0.3 is 11.9 Å². The fraction of sp³-hybridized carbons (Fsp3) is 0.571. The standard InChI is InChI=1S/C14H16ClF3N3/c1-13(7-3-2-4-8-13)20-10-6-5-9(21-19)11(12(10)15)14(16,17)18/h5-6,20H,2-4,7-8H2,1H3/q+1. The largest absolute Gasteiger partial charge is 0.425 e. The Morgan fingerprint density at radius 3 is 2.38 bits per heavy atom. The molecule has 0 unspecified atom stereocenters. The van der Waals surface area contributed by atoms with Gasteiger partial charge in [-0.3, -0.25) is 0 Å².